The molecule has 0 aliphatic carbocycles. The Hall–Kier alpha value is -1.01. The maximum Gasteiger partial charge on any atom is 0.308 e. The minimum Gasteiger partial charge on any atom is -0.465 e. The number of H-pyrrole nitrogens is 1. The molecule has 0 spiro atoms. The van der Waals surface area contributed by atoms with Crippen molar-refractivity contribution in [3.8, 4) is 0 Å². The lowest BCUT2D eigenvalue weighted by atomic mass is 10.2. The van der Waals surface area contributed by atoms with E-state index in [9.17, 15) is 4.79 Å². The number of aryl methyl sites for hydroxylation is 1. The standard InChI is InChI=1S/C14H22N2O2S2/c1-11(2)13(17)18-10-6-4-3-5-8-16-9-7-12(19)15-14(16)20/h7,9,11H,3-6,8,10H2,1-2H3,(H,15,19,20). The molecule has 0 bridgehead atoms. The monoisotopic (exact) mass is 314 g/mol. The highest BCUT2D eigenvalue weighted by Crippen LogP contribution is 2.04. The van der Waals surface area contributed by atoms with Gasteiger partial charge in [-0.1, -0.05) is 32.5 Å². The van der Waals surface area contributed by atoms with Gasteiger partial charge >= 0.3 is 5.97 Å². The molecule has 4 nitrogen and oxygen atoms in total. The number of hydrogen-bond acceptors (Lipinski definition) is 4. The molecule has 112 valence electrons. The van der Waals surface area contributed by atoms with Gasteiger partial charge in [0.2, 0.25) is 0 Å². The molecular formula is C14H22N2O2S2. The summed E-state index contributed by atoms with van der Waals surface area (Å²) in [6.07, 6.45) is 6.04. The molecule has 1 aromatic heterocycles. The second-order valence-electron chi connectivity index (χ2n) is 5.04. The molecule has 1 heterocycles. The molecule has 0 unspecified atom stereocenters. The molecule has 0 aliphatic heterocycles. The summed E-state index contributed by atoms with van der Waals surface area (Å²) in [6, 6.07) is 1.84. The number of nitrogens with one attached hydrogen (secondary N) is 1. The van der Waals surface area contributed by atoms with Crippen molar-refractivity contribution in [1.29, 1.82) is 0 Å². The van der Waals surface area contributed by atoms with Crippen molar-refractivity contribution in [2.45, 2.75) is 46.1 Å². The Morgan fingerprint density at radius 1 is 1.30 bits per heavy atom. The Morgan fingerprint density at radius 2 is 2.00 bits per heavy atom. The second kappa shape index (κ2) is 9.02. The van der Waals surface area contributed by atoms with Gasteiger partial charge in [0.05, 0.1) is 12.5 Å². The molecule has 0 saturated heterocycles. The summed E-state index contributed by atoms with van der Waals surface area (Å²) in [7, 11) is 0. The van der Waals surface area contributed by atoms with E-state index in [2.05, 4.69) is 4.98 Å². The first-order chi connectivity index (χ1) is 9.50. The molecule has 0 radical (unpaired) electrons. The molecule has 1 N–H and O–H groups in total. The summed E-state index contributed by atoms with van der Waals surface area (Å²) < 4.78 is 8.45. The van der Waals surface area contributed by atoms with Crippen LogP contribution in [0, 0.1) is 15.3 Å². The molecule has 0 saturated carbocycles. The number of carbonyl (C=O) groups is 1. The summed E-state index contributed by atoms with van der Waals surface area (Å²) in [6.45, 7) is 5.10. The smallest absolute Gasteiger partial charge is 0.308 e. The summed E-state index contributed by atoms with van der Waals surface area (Å²) in [4.78, 5) is 14.2. The van der Waals surface area contributed by atoms with Gasteiger partial charge < -0.3 is 14.3 Å². The first-order valence-electron chi connectivity index (χ1n) is 6.97. The minimum atomic E-state index is -0.115. The van der Waals surface area contributed by atoms with Gasteiger partial charge in [0.1, 0.15) is 4.64 Å². The van der Waals surface area contributed by atoms with Crippen molar-refractivity contribution < 1.29 is 9.53 Å². The predicted molar refractivity (Wildman–Crippen MR) is 84.7 cm³/mol. The number of unbranched alkanes of at least 4 members (excludes halogenated alkanes) is 3. The number of aromatic amines is 1. The van der Waals surface area contributed by atoms with E-state index in [-0.39, 0.29) is 11.9 Å². The van der Waals surface area contributed by atoms with Crippen LogP contribution in [-0.4, -0.2) is 22.1 Å². The maximum absolute atomic E-state index is 11.2. The van der Waals surface area contributed by atoms with Gasteiger partial charge in [0, 0.05) is 12.7 Å². The van der Waals surface area contributed by atoms with Crippen LogP contribution in [0.15, 0.2) is 12.3 Å². The highest BCUT2D eigenvalue weighted by atomic mass is 32.1. The SMILES string of the molecule is CC(C)C(=O)OCCCCCCn1ccc(=S)[nH]c1=S. The van der Waals surface area contributed by atoms with E-state index in [4.69, 9.17) is 29.2 Å². The topological polar surface area (TPSA) is 47.0 Å². The molecular weight excluding hydrogens is 292 g/mol. The van der Waals surface area contributed by atoms with Crippen molar-refractivity contribution in [3.63, 3.8) is 0 Å². The highest BCUT2D eigenvalue weighted by Gasteiger charge is 2.06. The van der Waals surface area contributed by atoms with Gasteiger partial charge in [-0.05, 0) is 37.5 Å². The number of hydrogen-bond donors (Lipinski definition) is 1. The number of carbonyl (C=O) groups excluding carboxylic acids is 1. The normalized spacial score (nSPS) is 10.8. The van der Waals surface area contributed by atoms with Crippen LogP contribution in [0.4, 0.5) is 0 Å². The van der Waals surface area contributed by atoms with E-state index in [0.29, 0.717) is 16.0 Å². The van der Waals surface area contributed by atoms with Crippen LogP contribution < -0.4 is 0 Å². The van der Waals surface area contributed by atoms with E-state index >= 15 is 0 Å². The van der Waals surface area contributed by atoms with Crippen LogP contribution in [0.1, 0.15) is 39.5 Å². The molecule has 0 aliphatic rings. The zero-order valence-electron chi connectivity index (χ0n) is 12.1. The Kier molecular flexibility index (Phi) is 7.69. The molecule has 6 heteroatoms. The third-order valence-electron chi connectivity index (χ3n) is 2.91. The lowest BCUT2D eigenvalue weighted by molar-refractivity contribution is -0.147. The molecule has 1 aromatic rings. The number of aromatic nitrogens is 2. The molecule has 1 rings (SSSR count). The average Bonchev–Trinajstić information content (AvgIpc) is 2.39. The number of nitrogens with zero attached hydrogens (tertiary/aromatic N) is 1. The first kappa shape index (κ1) is 17.0. The fourth-order valence-electron chi connectivity index (χ4n) is 1.70. The van der Waals surface area contributed by atoms with Gasteiger partial charge in [-0.15, -0.1) is 0 Å². The van der Waals surface area contributed by atoms with Crippen molar-refractivity contribution in [2.24, 2.45) is 5.92 Å². The Labute approximate surface area is 130 Å². The summed E-state index contributed by atoms with van der Waals surface area (Å²) >= 11 is 10.2. The fraction of sp³-hybridized carbons (Fsp3) is 0.643. The van der Waals surface area contributed by atoms with E-state index in [1.807, 2.05) is 30.7 Å². The molecule has 0 atom stereocenters. The van der Waals surface area contributed by atoms with Crippen LogP contribution in [-0.2, 0) is 16.1 Å². The van der Waals surface area contributed by atoms with Crippen molar-refractivity contribution in [3.05, 3.63) is 21.7 Å². The number of rotatable bonds is 8. The van der Waals surface area contributed by atoms with Crippen LogP contribution in [0.2, 0.25) is 0 Å². The molecule has 0 amide bonds. The largest absolute Gasteiger partial charge is 0.465 e. The lowest BCUT2D eigenvalue weighted by Gasteiger charge is -2.08. The zero-order valence-corrected chi connectivity index (χ0v) is 13.7. The fourth-order valence-corrected chi connectivity index (χ4v) is 2.18. The van der Waals surface area contributed by atoms with Crippen LogP contribution in [0.3, 0.4) is 0 Å². The van der Waals surface area contributed by atoms with E-state index < -0.39 is 0 Å². The maximum atomic E-state index is 11.2. The highest BCUT2D eigenvalue weighted by molar-refractivity contribution is 7.72. The quantitative estimate of drug-likeness (QED) is 0.447. The third-order valence-corrected chi connectivity index (χ3v) is 3.48. The van der Waals surface area contributed by atoms with Gasteiger partial charge in [0.25, 0.3) is 0 Å². The molecule has 0 aromatic carbocycles. The zero-order chi connectivity index (χ0) is 15.0. The first-order valence-corrected chi connectivity index (χ1v) is 7.79. The van der Waals surface area contributed by atoms with Crippen molar-refractivity contribution >= 4 is 30.4 Å². The van der Waals surface area contributed by atoms with Gasteiger partial charge in [-0.2, -0.15) is 0 Å². The van der Waals surface area contributed by atoms with Crippen LogP contribution >= 0.6 is 24.4 Å². The number of ether oxygens (including phenoxy) is 1. The van der Waals surface area contributed by atoms with Gasteiger partial charge in [-0.25, -0.2) is 0 Å². The van der Waals surface area contributed by atoms with Crippen molar-refractivity contribution in [2.75, 3.05) is 6.61 Å². The minimum absolute atomic E-state index is 0.0412. The van der Waals surface area contributed by atoms with Gasteiger partial charge in [0.15, 0.2) is 4.77 Å². The Bertz CT molecular complexity index is 534. The lowest BCUT2D eigenvalue weighted by Crippen LogP contribution is -2.12. The van der Waals surface area contributed by atoms with E-state index in [0.717, 1.165) is 32.2 Å². The van der Waals surface area contributed by atoms with Crippen LogP contribution in [0.5, 0.6) is 0 Å². The van der Waals surface area contributed by atoms with E-state index in [1.54, 1.807) is 0 Å². The summed E-state index contributed by atoms with van der Waals surface area (Å²) in [5, 5.41) is 0. The second-order valence-corrected chi connectivity index (χ2v) is 5.87. The summed E-state index contributed by atoms with van der Waals surface area (Å²) in [5.74, 6) is -0.156. The average molecular weight is 314 g/mol. The van der Waals surface area contributed by atoms with Crippen molar-refractivity contribution in [1.82, 2.24) is 9.55 Å². The van der Waals surface area contributed by atoms with Crippen LogP contribution in [0.25, 0.3) is 0 Å². The molecule has 0 fully saturated rings. The third kappa shape index (κ3) is 6.43. The van der Waals surface area contributed by atoms with E-state index in [1.165, 1.54) is 0 Å². The Balaban J connectivity index is 2.12. The number of esters is 1. The van der Waals surface area contributed by atoms with Gasteiger partial charge in [-0.3, -0.25) is 4.79 Å². The molecule has 20 heavy (non-hydrogen) atoms. The summed E-state index contributed by atoms with van der Waals surface area (Å²) in [5.41, 5.74) is 0. The predicted octanol–water partition coefficient (Wildman–Crippen LogP) is 4.03. The Morgan fingerprint density at radius 3 is 2.65 bits per heavy atom.